The van der Waals surface area contributed by atoms with Gasteiger partial charge in [0.05, 0.1) is 5.75 Å². The van der Waals surface area contributed by atoms with Gasteiger partial charge in [-0.3, -0.25) is 4.79 Å². The summed E-state index contributed by atoms with van der Waals surface area (Å²) in [5.74, 6) is -0.0393. The maximum atomic E-state index is 12.2. The summed E-state index contributed by atoms with van der Waals surface area (Å²) in [6.07, 6.45) is 1.57. The highest BCUT2D eigenvalue weighted by molar-refractivity contribution is 7.89. The summed E-state index contributed by atoms with van der Waals surface area (Å²) < 4.78 is 24.9. The average molecular weight is 311 g/mol. The second-order valence-electron chi connectivity index (χ2n) is 5.13. The van der Waals surface area contributed by atoms with Crippen LogP contribution >= 0.6 is 0 Å². The van der Waals surface area contributed by atoms with E-state index in [-0.39, 0.29) is 24.7 Å². The van der Waals surface area contributed by atoms with Crippen LogP contribution in [-0.2, 0) is 14.8 Å². The third-order valence-corrected chi connectivity index (χ3v) is 4.86. The number of hydrogen-bond acceptors (Lipinski definition) is 4. The Bertz CT molecular complexity index is 583. The summed E-state index contributed by atoms with van der Waals surface area (Å²) in [6.45, 7) is 2.07. The van der Waals surface area contributed by atoms with Crippen LogP contribution in [0, 0.1) is 0 Å². The van der Waals surface area contributed by atoms with Gasteiger partial charge >= 0.3 is 0 Å². The minimum Gasteiger partial charge on any atom is -0.371 e. The molecule has 6 nitrogen and oxygen atoms in total. The molecule has 0 atom stereocenters. The summed E-state index contributed by atoms with van der Waals surface area (Å²) in [4.78, 5) is 12.2. The van der Waals surface area contributed by atoms with Gasteiger partial charge in [-0.2, -0.15) is 0 Å². The molecular formula is C14H21N3O3S. The Morgan fingerprint density at radius 3 is 2.43 bits per heavy atom. The molecule has 1 fully saturated rings. The first kappa shape index (κ1) is 15.8. The molecule has 1 aliphatic carbocycles. The molecule has 0 aliphatic heterocycles. The molecule has 1 aliphatic rings. The van der Waals surface area contributed by atoms with Gasteiger partial charge in [0.15, 0.2) is 0 Å². The van der Waals surface area contributed by atoms with Crippen molar-refractivity contribution in [2.24, 2.45) is 0 Å². The number of anilines is 1. The molecule has 1 saturated carbocycles. The van der Waals surface area contributed by atoms with E-state index in [1.807, 2.05) is 30.3 Å². The maximum Gasteiger partial charge on any atom is 0.245 e. The zero-order valence-electron chi connectivity index (χ0n) is 12.1. The topological polar surface area (TPSA) is 87.3 Å². The van der Waals surface area contributed by atoms with Crippen molar-refractivity contribution in [3.63, 3.8) is 0 Å². The molecule has 0 saturated heterocycles. The summed E-state index contributed by atoms with van der Waals surface area (Å²) in [6, 6.07) is 9.59. The minimum atomic E-state index is -3.20. The van der Waals surface area contributed by atoms with Gasteiger partial charge in [-0.25, -0.2) is 13.1 Å². The number of benzene rings is 1. The predicted octanol–water partition coefficient (Wildman–Crippen LogP) is 0.687. The fourth-order valence-corrected chi connectivity index (χ4v) is 2.60. The van der Waals surface area contributed by atoms with Gasteiger partial charge in [-0.05, 0) is 31.9 Å². The fraction of sp³-hybridized carbons (Fsp3) is 0.500. The smallest absolute Gasteiger partial charge is 0.245 e. The van der Waals surface area contributed by atoms with Crippen LogP contribution in [0.15, 0.2) is 30.3 Å². The van der Waals surface area contributed by atoms with Crippen LogP contribution in [-0.4, -0.2) is 38.7 Å². The molecule has 116 valence electrons. The SMILES string of the molecule is CCS(=O)(=O)NCCNC(=O)C1(Nc2ccccc2)CC1. The van der Waals surface area contributed by atoms with Gasteiger partial charge in [0.1, 0.15) is 5.54 Å². The van der Waals surface area contributed by atoms with Crippen molar-refractivity contribution in [2.45, 2.75) is 25.3 Å². The highest BCUT2D eigenvalue weighted by atomic mass is 32.2. The zero-order valence-corrected chi connectivity index (χ0v) is 12.9. The molecular weight excluding hydrogens is 290 g/mol. The van der Waals surface area contributed by atoms with E-state index in [2.05, 4.69) is 15.4 Å². The maximum absolute atomic E-state index is 12.2. The Labute approximate surface area is 125 Å². The van der Waals surface area contributed by atoms with Crippen molar-refractivity contribution in [3.8, 4) is 0 Å². The number of rotatable bonds is 8. The van der Waals surface area contributed by atoms with Crippen LogP contribution in [0.4, 0.5) is 5.69 Å². The lowest BCUT2D eigenvalue weighted by Gasteiger charge is -2.18. The quantitative estimate of drug-likeness (QED) is 0.616. The van der Waals surface area contributed by atoms with Crippen molar-refractivity contribution >= 4 is 21.6 Å². The van der Waals surface area contributed by atoms with Crippen LogP contribution in [0.5, 0.6) is 0 Å². The van der Waals surface area contributed by atoms with Gasteiger partial charge in [-0.1, -0.05) is 18.2 Å². The van der Waals surface area contributed by atoms with E-state index in [0.29, 0.717) is 0 Å². The van der Waals surface area contributed by atoms with Gasteiger partial charge in [0.2, 0.25) is 15.9 Å². The lowest BCUT2D eigenvalue weighted by atomic mass is 10.2. The highest BCUT2D eigenvalue weighted by Gasteiger charge is 2.49. The molecule has 0 heterocycles. The number of amides is 1. The first-order chi connectivity index (χ1) is 9.97. The van der Waals surface area contributed by atoms with Crippen molar-refractivity contribution in [3.05, 3.63) is 30.3 Å². The number of para-hydroxylation sites is 1. The van der Waals surface area contributed by atoms with E-state index in [0.717, 1.165) is 18.5 Å². The number of sulfonamides is 1. The second kappa shape index (κ2) is 6.44. The van der Waals surface area contributed by atoms with Crippen molar-refractivity contribution in [2.75, 3.05) is 24.2 Å². The Morgan fingerprint density at radius 1 is 1.19 bits per heavy atom. The van der Waals surface area contributed by atoms with Crippen LogP contribution < -0.4 is 15.4 Å². The van der Waals surface area contributed by atoms with E-state index in [1.165, 1.54) is 0 Å². The Hall–Kier alpha value is -1.60. The van der Waals surface area contributed by atoms with Crippen LogP contribution in [0.3, 0.4) is 0 Å². The molecule has 1 amide bonds. The second-order valence-corrected chi connectivity index (χ2v) is 7.22. The Morgan fingerprint density at radius 2 is 1.86 bits per heavy atom. The molecule has 1 aromatic rings. The van der Waals surface area contributed by atoms with Crippen LogP contribution in [0.25, 0.3) is 0 Å². The van der Waals surface area contributed by atoms with E-state index in [4.69, 9.17) is 0 Å². The molecule has 0 bridgehead atoms. The van der Waals surface area contributed by atoms with Gasteiger partial charge in [-0.15, -0.1) is 0 Å². The third-order valence-electron chi connectivity index (χ3n) is 3.45. The summed E-state index contributed by atoms with van der Waals surface area (Å²) in [7, 11) is -3.20. The summed E-state index contributed by atoms with van der Waals surface area (Å²) >= 11 is 0. The molecule has 7 heteroatoms. The number of carbonyl (C=O) groups is 1. The van der Waals surface area contributed by atoms with Gasteiger partial charge < -0.3 is 10.6 Å². The highest BCUT2D eigenvalue weighted by Crippen LogP contribution is 2.39. The lowest BCUT2D eigenvalue weighted by Crippen LogP contribution is -2.44. The molecule has 2 rings (SSSR count). The standard InChI is InChI=1S/C14H21N3O3S/c1-2-21(19,20)16-11-10-15-13(18)14(8-9-14)17-12-6-4-3-5-7-12/h3-7,16-17H,2,8-11H2,1H3,(H,15,18). The van der Waals surface area contributed by atoms with Crippen LogP contribution in [0.2, 0.25) is 0 Å². The normalized spacial score (nSPS) is 16.2. The van der Waals surface area contributed by atoms with Gasteiger partial charge in [0.25, 0.3) is 0 Å². The van der Waals surface area contributed by atoms with Crippen LogP contribution in [0.1, 0.15) is 19.8 Å². The zero-order chi connectivity index (χ0) is 15.3. The summed E-state index contributed by atoms with van der Waals surface area (Å²) in [5, 5.41) is 6.02. The fourth-order valence-electron chi connectivity index (χ4n) is 1.99. The van der Waals surface area contributed by atoms with E-state index < -0.39 is 15.6 Å². The molecule has 1 aromatic carbocycles. The molecule has 0 unspecified atom stereocenters. The third kappa shape index (κ3) is 4.44. The first-order valence-electron chi connectivity index (χ1n) is 7.06. The van der Waals surface area contributed by atoms with E-state index >= 15 is 0 Å². The monoisotopic (exact) mass is 311 g/mol. The molecule has 0 radical (unpaired) electrons. The van der Waals surface area contributed by atoms with E-state index in [9.17, 15) is 13.2 Å². The average Bonchev–Trinajstić information content (AvgIpc) is 3.25. The molecule has 0 spiro atoms. The van der Waals surface area contributed by atoms with Crippen molar-refractivity contribution < 1.29 is 13.2 Å². The lowest BCUT2D eigenvalue weighted by molar-refractivity contribution is -0.122. The predicted molar refractivity (Wildman–Crippen MR) is 82.5 cm³/mol. The number of hydrogen-bond donors (Lipinski definition) is 3. The minimum absolute atomic E-state index is 0.0421. The first-order valence-corrected chi connectivity index (χ1v) is 8.71. The molecule has 0 aromatic heterocycles. The number of nitrogens with one attached hydrogen (secondary N) is 3. The summed E-state index contributed by atoms with van der Waals surface area (Å²) in [5.41, 5.74) is 0.377. The number of carbonyl (C=O) groups excluding carboxylic acids is 1. The molecule has 21 heavy (non-hydrogen) atoms. The van der Waals surface area contributed by atoms with E-state index in [1.54, 1.807) is 6.92 Å². The Kier molecular flexibility index (Phi) is 4.84. The van der Waals surface area contributed by atoms with Crippen molar-refractivity contribution in [1.29, 1.82) is 0 Å². The largest absolute Gasteiger partial charge is 0.371 e. The Balaban J connectivity index is 1.78. The van der Waals surface area contributed by atoms with Gasteiger partial charge in [0, 0.05) is 18.8 Å². The molecule has 3 N–H and O–H groups in total. The van der Waals surface area contributed by atoms with Crippen molar-refractivity contribution in [1.82, 2.24) is 10.0 Å².